The smallest absolute Gasteiger partial charge is 0.220 e. The molecule has 3 aliphatic rings. The van der Waals surface area contributed by atoms with Crippen molar-refractivity contribution in [2.24, 2.45) is 0 Å². The van der Waals surface area contributed by atoms with Crippen LogP contribution in [0.2, 0.25) is 0 Å². The number of aliphatic hydroxyl groups excluding tert-OH is 11. The molecule has 19 heteroatoms. The molecule has 0 radical (unpaired) electrons. The third-order valence-corrected chi connectivity index (χ3v) is 20.4. The summed E-state index contributed by atoms with van der Waals surface area (Å²) in [5, 5.41) is 120. The van der Waals surface area contributed by atoms with Crippen molar-refractivity contribution in [2.45, 2.75) is 452 Å². The Morgan fingerprint density at radius 3 is 0.916 bits per heavy atom. The average molecular weight is 1360 g/mol. The molecule has 0 spiro atoms. The lowest BCUT2D eigenvalue weighted by Gasteiger charge is -2.48. The molecule has 0 aromatic carbocycles. The molecular weight excluding hydrogens is 1210 g/mol. The van der Waals surface area contributed by atoms with Gasteiger partial charge in [-0.25, -0.2) is 0 Å². The largest absolute Gasteiger partial charge is 0.394 e. The van der Waals surface area contributed by atoms with Gasteiger partial charge in [0.15, 0.2) is 18.9 Å². The van der Waals surface area contributed by atoms with Crippen LogP contribution in [0, 0.1) is 0 Å². The van der Waals surface area contributed by atoms with E-state index in [0.717, 1.165) is 44.9 Å². The highest BCUT2D eigenvalue weighted by Crippen LogP contribution is 2.33. The Morgan fingerprint density at radius 1 is 0.337 bits per heavy atom. The van der Waals surface area contributed by atoms with E-state index in [9.17, 15) is 61.0 Å². The van der Waals surface area contributed by atoms with Crippen LogP contribution >= 0.6 is 0 Å². The van der Waals surface area contributed by atoms with Crippen molar-refractivity contribution in [2.75, 3.05) is 26.4 Å². The fraction of sp³-hybridized carbons (Fsp3) is 0.987. The molecule has 0 aliphatic carbocycles. The Labute approximate surface area is 576 Å². The van der Waals surface area contributed by atoms with E-state index < -0.39 is 124 Å². The first-order valence-electron chi connectivity index (χ1n) is 39.8. The first-order valence-corrected chi connectivity index (χ1v) is 39.8. The standard InChI is InChI=1S/C76H147NO18/c1-3-5-7-9-11-13-14-15-16-17-18-19-20-21-22-23-24-25-26-27-28-29-30-31-32-33-34-35-36-37-38-39-40-41-42-43-44-46-48-50-52-54-64(82)77-59(60(81)53-51-49-47-45-12-10-8-6-4-2)58-90-74-70(88)67(85)72(62(56-79)92-74)95-76-71(89)68(86)73(63(57-80)93-76)94-75-69(87)66(84)65(83)61(55-78)91-75/h59-63,65-76,78-81,83-89H,3-58H2,1-2H3,(H,77,82). The van der Waals surface area contributed by atoms with Crippen molar-refractivity contribution in [3.8, 4) is 0 Å². The predicted molar refractivity (Wildman–Crippen MR) is 374 cm³/mol. The van der Waals surface area contributed by atoms with Crippen molar-refractivity contribution in [3.63, 3.8) is 0 Å². The summed E-state index contributed by atoms with van der Waals surface area (Å²) in [5.41, 5.74) is 0. The molecule has 3 fully saturated rings. The second kappa shape index (κ2) is 58.3. The highest BCUT2D eigenvalue weighted by Gasteiger charge is 2.54. The van der Waals surface area contributed by atoms with E-state index in [1.165, 1.54) is 270 Å². The lowest BCUT2D eigenvalue weighted by molar-refractivity contribution is -0.379. The van der Waals surface area contributed by atoms with E-state index >= 15 is 0 Å². The summed E-state index contributed by atoms with van der Waals surface area (Å²) in [4.78, 5) is 13.4. The molecule has 12 N–H and O–H groups in total. The summed E-state index contributed by atoms with van der Waals surface area (Å²) >= 11 is 0. The van der Waals surface area contributed by atoms with Gasteiger partial charge in [0.1, 0.15) is 73.2 Å². The average Bonchev–Trinajstić information content (AvgIpc) is 0.797. The number of carbonyl (C=O) groups is 1. The first kappa shape index (κ1) is 88.0. The maximum atomic E-state index is 13.4. The van der Waals surface area contributed by atoms with Crippen molar-refractivity contribution < 1.29 is 89.4 Å². The third kappa shape index (κ3) is 39.1. The number of ether oxygens (including phenoxy) is 6. The minimum Gasteiger partial charge on any atom is -0.394 e. The molecule has 0 aromatic heterocycles. The van der Waals surface area contributed by atoms with Crippen molar-refractivity contribution >= 4 is 5.91 Å². The lowest BCUT2D eigenvalue weighted by Crippen LogP contribution is -2.66. The molecule has 3 heterocycles. The number of carbonyl (C=O) groups excluding carboxylic acids is 1. The van der Waals surface area contributed by atoms with Gasteiger partial charge in [0.05, 0.1) is 38.6 Å². The number of hydrogen-bond acceptors (Lipinski definition) is 18. The normalized spacial score (nSPS) is 27.1. The topological polar surface area (TPSA) is 307 Å². The van der Waals surface area contributed by atoms with Gasteiger partial charge in [-0.3, -0.25) is 4.79 Å². The van der Waals surface area contributed by atoms with E-state index in [1.54, 1.807) is 0 Å². The zero-order valence-corrected chi connectivity index (χ0v) is 60.2. The summed E-state index contributed by atoms with van der Waals surface area (Å²) in [7, 11) is 0. The van der Waals surface area contributed by atoms with Gasteiger partial charge in [0, 0.05) is 6.42 Å². The number of amides is 1. The fourth-order valence-corrected chi connectivity index (χ4v) is 14.0. The lowest BCUT2D eigenvalue weighted by atomic mass is 9.96. The molecule has 1 amide bonds. The molecule has 3 saturated heterocycles. The van der Waals surface area contributed by atoms with Crippen LogP contribution in [0.1, 0.15) is 348 Å². The summed E-state index contributed by atoms with van der Waals surface area (Å²) in [6, 6.07) is -0.880. The molecule has 0 saturated carbocycles. The molecule has 17 atom stereocenters. The number of aliphatic hydroxyl groups is 11. The fourth-order valence-electron chi connectivity index (χ4n) is 14.0. The molecule has 0 bridgehead atoms. The van der Waals surface area contributed by atoms with E-state index in [0.29, 0.717) is 12.8 Å². The number of unbranched alkanes of at least 4 members (excludes halogenated alkanes) is 48. The van der Waals surface area contributed by atoms with Crippen LogP contribution in [0.5, 0.6) is 0 Å². The molecular formula is C76H147NO18. The van der Waals surface area contributed by atoms with Gasteiger partial charge in [0.2, 0.25) is 5.91 Å². The van der Waals surface area contributed by atoms with E-state index in [2.05, 4.69) is 19.2 Å². The zero-order valence-electron chi connectivity index (χ0n) is 60.2. The van der Waals surface area contributed by atoms with E-state index in [-0.39, 0.29) is 18.9 Å². The molecule has 3 aliphatic heterocycles. The van der Waals surface area contributed by atoms with Crippen LogP contribution in [-0.4, -0.2) is 193 Å². The van der Waals surface area contributed by atoms with Crippen molar-refractivity contribution in [1.29, 1.82) is 0 Å². The minimum atomic E-state index is -1.97. The third-order valence-electron chi connectivity index (χ3n) is 20.4. The summed E-state index contributed by atoms with van der Waals surface area (Å²) in [6.07, 6.45) is 40.0. The van der Waals surface area contributed by atoms with E-state index in [1.807, 2.05) is 0 Å². The Bertz CT molecular complexity index is 1720. The summed E-state index contributed by atoms with van der Waals surface area (Å²) in [5.74, 6) is -0.237. The SMILES string of the molecule is CCCCCCCCCCCCCCCCCCCCCCCCCCCCCCCCCCCCCCCCCCCC(=O)NC(COC1OC(CO)C(OC2OC(CO)C(OC3OC(CO)C(O)C(O)C3O)C(O)C2O)C(O)C1O)C(O)CCCCCCCCCCC. The number of hydrogen-bond donors (Lipinski definition) is 12. The molecule has 3 rings (SSSR count). The van der Waals surface area contributed by atoms with Gasteiger partial charge in [-0.2, -0.15) is 0 Å². The molecule has 17 unspecified atom stereocenters. The van der Waals surface area contributed by atoms with Gasteiger partial charge >= 0.3 is 0 Å². The highest BCUT2D eigenvalue weighted by molar-refractivity contribution is 5.76. The van der Waals surface area contributed by atoms with Crippen molar-refractivity contribution in [3.05, 3.63) is 0 Å². The monoisotopic (exact) mass is 1360 g/mol. The van der Waals surface area contributed by atoms with Crippen LogP contribution in [0.3, 0.4) is 0 Å². The minimum absolute atomic E-state index is 0.237. The van der Waals surface area contributed by atoms with Crippen LogP contribution in [-0.2, 0) is 33.2 Å². The summed E-state index contributed by atoms with van der Waals surface area (Å²) < 4.78 is 34.4. The number of rotatable bonds is 64. The Kier molecular flexibility index (Phi) is 54.0. The second-order valence-corrected chi connectivity index (χ2v) is 28.9. The van der Waals surface area contributed by atoms with Crippen LogP contribution < -0.4 is 5.32 Å². The quantitative estimate of drug-likeness (QED) is 0.0252. The van der Waals surface area contributed by atoms with Gasteiger partial charge in [0.25, 0.3) is 0 Å². The van der Waals surface area contributed by atoms with Crippen LogP contribution in [0.25, 0.3) is 0 Å². The van der Waals surface area contributed by atoms with Gasteiger partial charge in [-0.05, 0) is 12.8 Å². The van der Waals surface area contributed by atoms with E-state index in [4.69, 9.17) is 28.4 Å². The van der Waals surface area contributed by atoms with Gasteiger partial charge < -0.3 is 89.9 Å². The van der Waals surface area contributed by atoms with Crippen molar-refractivity contribution in [1.82, 2.24) is 5.32 Å². The molecule has 19 nitrogen and oxygen atoms in total. The molecule has 95 heavy (non-hydrogen) atoms. The second-order valence-electron chi connectivity index (χ2n) is 28.9. The Balaban J connectivity index is 1.22. The molecule has 0 aromatic rings. The molecule has 564 valence electrons. The summed E-state index contributed by atoms with van der Waals surface area (Å²) in [6.45, 7) is 1.81. The Hall–Kier alpha value is -1.21. The maximum Gasteiger partial charge on any atom is 0.220 e. The maximum absolute atomic E-state index is 13.4. The zero-order chi connectivity index (χ0) is 68.9. The highest BCUT2D eigenvalue weighted by atomic mass is 16.8. The first-order chi connectivity index (χ1) is 46.3. The number of nitrogens with one attached hydrogen (secondary N) is 1. The van der Waals surface area contributed by atoms with Gasteiger partial charge in [-0.15, -0.1) is 0 Å². The Morgan fingerprint density at radius 2 is 0.600 bits per heavy atom. The van der Waals surface area contributed by atoms with Crippen LogP contribution in [0.15, 0.2) is 0 Å². The van der Waals surface area contributed by atoms with Gasteiger partial charge in [-0.1, -0.05) is 328 Å². The predicted octanol–water partition coefficient (Wildman–Crippen LogP) is 12.6. The van der Waals surface area contributed by atoms with Crippen LogP contribution in [0.4, 0.5) is 0 Å².